The summed E-state index contributed by atoms with van der Waals surface area (Å²) >= 11 is 0. The van der Waals surface area contributed by atoms with Crippen LogP contribution in [0.2, 0.25) is 0 Å². The number of amides is 1. The Morgan fingerprint density at radius 3 is 2.67 bits per heavy atom. The van der Waals surface area contributed by atoms with Gasteiger partial charge in [-0.3, -0.25) is 14.5 Å². The third-order valence-electron chi connectivity index (χ3n) is 5.10. The maximum atomic E-state index is 12.7. The van der Waals surface area contributed by atoms with Gasteiger partial charge in [0.15, 0.2) is 0 Å². The zero-order valence-electron chi connectivity index (χ0n) is 14.8. The van der Waals surface area contributed by atoms with Crippen molar-refractivity contribution in [2.75, 3.05) is 13.1 Å². The number of carboxylic acid groups (broad SMARTS) is 1. The van der Waals surface area contributed by atoms with Crippen LogP contribution in [-0.4, -0.2) is 49.7 Å². The van der Waals surface area contributed by atoms with Gasteiger partial charge in [-0.25, -0.2) is 4.79 Å². The highest BCUT2D eigenvalue weighted by molar-refractivity contribution is 5.88. The van der Waals surface area contributed by atoms with Gasteiger partial charge in [0.1, 0.15) is 0 Å². The summed E-state index contributed by atoms with van der Waals surface area (Å²) in [5.41, 5.74) is 2.01. The molecule has 1 fully saturated rings. The van der Waals surface area contributed by atoms with E-state index in [1.165, 1.54) is 6.20 Å². The Morgan fingerprint density at radius 2 is 1.93 bits per heavy atom. The molecule has 0 atom stereocenters. The van der Waals surface area contributed by atoms with E-state index in [1.54, 1.807) is 17.1 Å². The molecule has 1 saturated heterocycles. The van der Waals surface area contributed by atoms with E-state index in [-0.39, 0.29) is 17.5 Å². The van der Waals surface area contributed by atoms with Gasteiger partial charge >= 0.3 is 5.97 Å². The second kappa shape index (κ2) is 7.19. The third-order valence-corrected chi connectivity index (χ3v) is 5.10. The number of piperidine rings is 1. The minimum atomic E-state index is -0.974. The lowest BCUT2D eigenvalue weighted by molar-refractivity contribution is -0.131. The third kappa shape index (κ3) is 3.53. The predicted molar refractivity (Wildman–Crippen MR) is 99.5 cm³/mol. The maximum Gasteiger partial charge on any atom is 0.338 e. The smallest absolute Gasteiger partial charge is 0.338 e. The van der Waals surface area contributed by atoms with E-state index in [1.807, 2.05) is 35.2 Å². The summed E-state index contributed by atoms with van der Waals surface area (Å²) in [4.78, 5) is 30.0. The zero-order chi connectivity index (χ0) is 18.8. The molecule has 3 aromatic rings. The Labute approximate surface area is 156 Å². The van der Waals surface area contributed by atoms with Crippen LogP contribution in [0.25, 0.3) is 10.9 Å². The summed E-state index contributed by atoms with van der Waals surface area (Å²) in [5.74, 6) is -0.879. The predicted octanol–water partition coefficient (Wildman–Crippen LogP) is 2.54. The van der Waals surface area contributed by atoms with Crippen molar-refractivity contribution in [1.29, 1.82) is 0 Å². The Bertz CT molecular complexity index is 984. The number of benzene rings is 1. The molecule has 7 nitrogen and oxygen atoms in total. The fourth-order valence-electron chi connectivity index (χ4n) is 3.61. The lowest BCUT2D eigenvalue weighted by Gasteiger charge is -2.32. The number of likely N-dealkylation sites (tertiary alicyclic amines) is 1. The van der Waals surface area contributed by atoms with E-state index < -0.39 is 5.97 Å². The fourth-order valence-corrected chi connectivity index (χ4v) is 3.61. The normalized spacial score (nSPS) is 15.2. The number of hydrogen-bond donors (Lipinski definition) is 1. The highest BCUT2D eigenvalue weighted by atomic mass is 16.4. The number of para-hydroxylation sites is 1. The van der Waals surface area contributed by atoms with Crippen molar-refractivity contribution >= 4 is 22.8 Å². The summed E-state index contributed by atoms with van der Waals surface area (Å²) in [6, 6.07) is 9.92. The minimum absolute atomic E-state index is 0.0956. The van der Waals surface area contributed by atoms with Crippen LogP contribution in [0, 0.1) is 0 Å². The number of nitrogens with zero attached hydrogens (tertiary/aromatic N) is 4. The van der Waals surface area contributed by atoms with Gasteiger partial charge in [0.05, 0.1) is 29.7 Å². The number of aromatic nitrogens is 3. The number of carbonyl (C=O) groups is 2. The molecule has 0 bridgehead atoms. The van der Waals surface area contributed by atoms with Crippen molar-refractivity contribution in [2.24, 2.45) is 0 Å². The van der Waals surface area contributed by atoms with Crippen molar-refractivity contribution in [1.82, 2.24) is 19.7 Å². The summed E-state index contributed by atoms with van der Waals surface area (Å²) in [5, 5.41) is 14.2. The monoisotopic (exact) mass is 364 g/mol. The first-order valence-corrected chi connectivity index (χ1v) is 8.99. The summed E-state index contributed by atoms with van der Waals surface area (Å²) < 4.78 is 1.71. The van der Waals surface area contributed by atoms with Crippen LogP contribution in [0.5, 0.6) is 0 Å². The molecule has 1 amide bonds. The Hall–Kier alpha value is -3.22. The van der Waals surface area contributed by atoms with Crippen molar-refractivity contribution in [3.63, 3.8) is 0 Å². The van der Waals surface area contributed by atoms with Crippen molar-refractivity contribution in [3.05, 3.63) is 60.0 Å². The van der Waals surface area contributed by atoms with Crippen molar-refractivity contribution < 1.29 is 14.7 Å². The van der Waals surface area contributed by atoms with Crippen LogP contribution in [0.3, 0.4) is 0 Å². The first kappa shape index (κ1) is 17.2. The van der Waals surface area contributed by atoms with Gasteiger partial charge < -0.3 is 10.0 Å². The second-order valence-corrected chi connectivity index (χ2v) is 6.80. The topological polar surface area (TPSA) is 88.3 Å². The number of fused-ring (bicyclic) bond motifs is 1. The number of hydrogen-bond acceptors (Lipinski definition) is 4. The molecular formula is C20H20N4O3. The molecule has 27 heavy (non-hydrogen) atoms. The largest absolute Gasteiger partial charge is 0.478 e. The molecule has 0 spiro atoms. The van der Waals surface area contributed by atoms with Crippen molar-refractivity contribution in [2.45, 2.75) is 25.3 Å². The zero-order valence-corrected chi connectivity index (χ0v) is 14.8. The number of carbonyl (C=O) groups excluding carboxylic acids is 1. The number of pyridine rings is 1. The first-order valence-electron chi connectivity index (χ1n) is 8.99. The van der Waals surface area contributed by atoms with Gasteiger partial charge in [0.2, 0.25) is 5.91 Å². The molecule has 0 unspecified atom stereocenters. The molecule has 1 aliphatic rings. The molecular weight excluding hydrogens is 344 g/mol. The first-order chi connectivity index (χ1) is 13.1. The van der Waals surface area contributed by atoms with E-state index in [0.717, 1.165) is 29.3 Å². The van der Waals surface area contributed by atoms with E-state index in [2.05, 4.69) is 10.1 Å². The minimum Gasteiger partial charge on any atom is -0.478 e. The highest BCUT2D eigenvalue weighted by Gasteiger charge is 2.25. The number of carboxylic acids is 1. The van der Waals surface area contributed by atoms with Gasteiger partial charge in [-0.05, 0) is 24.5 Å². The standard InChI is InChI=1S/C20H20N4O3/c25-18(11-15-4-1-3-14-5-2-8-21-19(14)15)23-9-6-17(7-10-23)24-13-16(12-22-24)20(26)27/h1-5,8,12-13,17H,6-7,9-11H2,(H,26,27). The molecule has 2 aromatic heterocycles. The van der Waals surface area contributed by atoms with Crippen LogP contribution in [-0.2, 0) is 11.2 Å². The number of aromatic carboxylic acids is 1. The number of rotatable bonds is 4. The molecule has 0 aliphatic carbocycles. The molecule has 4 rings (SSSR count). The lowest BCUT2D eigenvalue weighted by atomic mass is 10.0. The molecule has 0 radical (unpaired) electrons. The fraction of sp³-hybridized carbons (Fsp3) is 0.300. The average Bonchev–Trinajstić information content (AvgIpc) is 3.19. The van der Waals surface area contributed by atoms with E-state index >= 15 is 0 Å². The molecule has 1 aromatic carbocycles. The van der Waals surface area contributed by atoms with Crippen LogP contribution in [0.15, 0.2) is 48.9 Å². The molecule has 138 valence electrons. The van der Waals surface area contributed by atoms with Crippen LogP contribution < -0.4 is 0 Å². The van der Waals surface area contributed by atoms with E-state index in [9.17, 15) is 9.59 Å². The summed E-state index contributed by atoms with van der Waals surface area (Å²) in [6.45, 7) is 1.29. The Morgan fingerprint density at radius 1 is 1.15 bits per heavy atom. The average molecular weight is 364 g/mol. The van der Waals surface area contributed by atoms with Gasteiger partial charge in [-0.2, -0.15) is 5.10 Å². The molecule has 1 N–H and O–H groups in total. The summed E-state index contributed by atoms with van der Waals surface area (Å²) in [6.07, 6.45) is 6.54. The second-order valence-electron chi connectivity index (χ2n) is 6.80. The maximum absolute atomic E-state index is 12.7. The molecule has 3 heterocycles. The highest BCUT2D eigenvalue weighted by Crippen LogP contribution is 2.23. The van der Waals surface area contributed by atoms with E-state index in [0.29, 0.717) is 19.5 Å². The quantitative estimate of drug-likeness (QED) is 0.768. The SMILES string of the molecule is O=C(O)c1cnn(C2CCN(C(=O)Cc3cccc4cccnc34)CC2)c1. The molecule has 7 heteroatoms. The van der Waals surface area contributed by atoms with E-state index in [4.69, 9.17) is 5.11 Å². The van der Waals surface area contributed by atoms with Crippen LogP contribution in [0.4, 0.5) is 0 Å². The van der Waals surface area contributed by atoms with Crippen LogP contribution >= 0.6 is 0 Å². The van der Waals surface area contributed by atoms with Gasteiger partial charge in [-0.15, -0.1) is 0 Å². The Balaban J connectivity index is 1.40. The van der Waals surface area contributed by atoms with Gasteiger partial charge in [0.25, 0.3) is 0 Å². The van der Waals surface area contributed by atoms with Crippen LogP contribution in [0.1, 0.15) is 34.8 Å². The molecule has 0 saturated carbocycles. The van der Waals surface area contributed by atoms with Gasteiger partial charge in [-0.1, -0.05) is 24.3 Å². The van der Waals surface area contributed by atoms with Crippen molar-refractivity contribution in [3.8, 4) is 0 Å². The summed E-state index contributed by atoms with van der Waals surface area (Å²) in [7, 11) is 0. The molecule has 1 aliphatic heterocycles. The van der Waals surface area contributed by atoms with Gasteiger partial charge in [0, 0.05) is 30.9 Å². The Kier molecular flexibility index (Phi) is 4.58. The lowest BCUT2D eigenvalue weighted by Crippen LogP contribution is -2.40.